The van der Waals surface area contributed by atoms with Gasteiger partial charge in [0.2, 0.25) is 5.95 Å². The maximum atomic E-state index is 12.3. The maximum Gasteiger partial charge on any atom is 0.270 e. The van der Waals surface area contributed by atoms with Crippen LogP contribution in [0.2, 0.25) is 0 Å². The molecule has 2 aromatic rings. The molecule has 0 radical (unpaired) electrons. The zero-order chi connectivity index (χ0) is 17.5. The standard InChI is InChI=1S/C18H22N4O3/c1-24-15-4-2-14(3-5-15)6-8-19-17(23)16-7-9-20-18(21-16)22-10-12-25-13-11-22/h2-5,7,9H,6,8,10-13H2,1H3,(H,19,23). The highest BCUT2D eigenvalue weighted by Gasteiger charge is 2.15. The van der Waals surface area contributed by atoms with Crippen molar-refractivity contribution in [3.05, 3.63) is 47.8 Å². The molecule has 0 atom stereocenters. The smallest absolute Gasteiger partial charge is 0.270 e. The third-order valence-electron chi connectivity index (χ3n) is 4.03. The van der Waals surface area contributed by atoms with Crippen molar-refractivity contribution in [2.24, 2.45) is 0 Å². The molecule has 132 valence electrons. The lowest BCUT2D eigenvalue weighted by atomic mass is 10.1. The van der Waals surface area contributed by atoms with Crippen molar-refractivity contribution in [2.75, 3.05) is 44.9 Å². The molecular weight excluding hydrogens is 320 g/mol. The Labute approximate surface area is 147 Å². The van der Waals surface area contributed by atoms with Gasteiger partial charge in [0.05, 0.1) is 20.3 Å². The number of morpholine rings is 1. The van der Waals surface area contributed by atoms with E-state index < -0.39 is 0 Å². The predicted molar refractivity (Wildman–Crippen MR) is 94.1 cm³/mol. The fraction of sp³-hybridized carbons (Fsp3) is 0.389. The topological polar surface area (TPSA) is 76.6 Å². The molecule has 25 heavy (non-hydrogen) atoms. The van der Waals surface area contributed by atoms with Crippen LogP contribution in [0.1, 0.15) is 16.1 Å². The molecular formula is C18H22N4O3. The first-order valence-electron chi connectivity index (χ1n) is 8.33. The van der Waals surface area contributed by atoms with Crippen molar-refractivity contribution in [3.8, 4) is 5.75 Å². The molecule has 7 heteroatoms. The van der Waals surface area contributed by atoms with E-state index in [2.05, 4.69) is 15.3 Å². The van der Waals surface area contributed by atoms with Crippen LogP contribution in [0.4, 0.5) is 5.95 Å². The van der Waals surface area contributed by atoms with E-state index in [0.717, 1.165) is 30.8 Å². The van der Waals surface area contributed by atoms with Crippen LogP contribution in [0.25, 0.3) is 0 Å². The number of hydrogen-bond acceptors (Lipinski definition) is 6. The van der Waals surface area contributed by atoms with Gasteiger partial charge in [0, 0.05) is 25.8 Å². The second kappa shape index (κ2) is 8.43. The summed E-state index contributed by atoms with van der Waals surface area (Å²) in [5, 5.41) is 2.90. The second-order valence-corrected chi connectivity index (χ2v) is 5.70. The summed E-state index contributed by atoms with van der Waals surface area (Å²) in [6.07, 6.45) is 2.37. The quantitative estimate of drug-likeness (QED) is 0.853. The van der Waals surface area contributed by atoms with Gasteiger partial charge in [0.15, 0.2) is 0 Å². The zero-order valence-corrected chi connectivity index (χ0v) is 14.3. The van der Waals surface area contributed by atoms with Crippen LogP contribution >= 0.6 is 0 Å². The van der Waals surface area contributed by atoms with Gasteiger partial charge >= 0.3 is 0 Å². The lowest BCUT2D eigenvalue weighted by Crippen LogP contribution is -2.37. The lowest BCUT2D eigenvalue weighted by molar-refractivity contribution is 0.0949. The largest absolute Gasteiger partial charge is 0.497 e. The Morgan fingerprint density at radius 2 is 2.00 bits per heavy atom. The first kappa shape index (κ1) is 17.2. The number of nitrogens with one attached hydrogen (secondary N) is 1. The van der Waals surface area contributed by atoms with Crippen molar-refractivity contribution in [1.29, 1.82) is 0 Å². The third kappa shape index (κ3) is 4.67. The second-order valence-electron chi connectivity index (χ2n) is 5.70. The van der Waals surface area contributed by atoms with Gasteiger partial charge in [0.25, 0.3) is 5.91 Å². The average molecular weight is 342 g/mol. The van der Waals surface area contributed by atoms with Crippen LogP contribution in [0.15, 0.2) is 36.5 Å². The zero-order valence-electron chi connectivity index (χ0n) is 14.3. The molecule has 7 nitrogen and oxygen atoms in total. The Morgan fingerprint density at radius 3 is 2.72 bits per heavy atom. The van der Waals surface area contributed by atoms with Crippen molar-refractivity contribution < 1.29 is 14.3 Å². The summed E-state index contributed by atoms with van der Waals surface area (Å²) in [5.74, 6) is 1.21. The maximum absolute atomic E-state index is 12.3. The van der Waals surface area contributed by atoms with Gasteiger partial charge in [-0.2, -0.15) is 0 Å². The molecule has 0 saturated carbocycles. The Hall–Kier alpha value is -2.67. The molecule has 1 N–H and O–H groups in total. The van der Waals surface area contributed by atoms with Crippen LogP contribution in [0.5, 0.6) is 5.75 Å². The Kier molecular flexibility index (Phi) is 5.79. The molecule has 2 heterocycles. The Balaban J connectivity index is 1.53. The number of benzene rings is 1. The highest BCUT2D eigenvalue weighted by molar-refractivity contribution is 5.92. The molecule has 0 spiro atoms. The monoisotopic (exact) mass is 342 g/mol. The van der Waals surface area contributed by atoms with Crippen LogP contribution in [-0.2, 0) is 11.2 Å². The van der Waals surface area contributed by atoms with E-state index in [4.69, 9.17) is 9.47 Å². The van der Waals surface area contributed by atoms with Crippen LogP contribution in [-0.4, -0.2) is 55.8 Å². The van der Waals surface area contributed by atoms with Gasteiger partial charge in [0.1, 0.15) is 11.4 Å². The van der Waals surface area contributed by atoms with Crippen molar-refractivity contribution >= 4 is 11.9 Å². The minimum Gasteiger partial charge on any atom is -0.497 e. The number of rotatable bonds is 6. The van der Waals surface area contributed by atoms with Crippen molar-refractivity contribution in [3.63, 3.8) is 0 Å². The van der Waals surface area contributed by atoms with Gasteiger partial charge in [-0.3, -0.25) is 4.79 Å². The summed E-state index contributed by atoms with van der Waals surface area (Å²) >= 11 is 0. The Bertz CT molecular complexity index is 700. The minimum absolute atomic E-state index is 0.189. The summed E-state index contributed by atoms with van der Waals surface area (Å²) in [4.78, 5) is 23.0. The van der Waals surface area contributed by atoms with E-state index >= 15 is 0 Å². The predicted octanol–water partition coefficient (Wildman–Crippen LogP) is 1.29. The summed E-state index contributed by atoms with van der Waals surface area (Å²) in [7, 11) is 1.64. The number of amides is 1. The number of aromatic nitrogens is 2. The first-order valence-corrected chi connectivity index (χ1v) is 8.33. The SMILES string of the molecule is COc1ccc(CCNC(=O)c2ccnc(N3CCOCC3)n2)cc1. The van der Waals surface area contributed by atoms with Gasteiger partial charge in [-0.25, -0.2) is 9.97 Å². The number of anilines is 1. The fourth-order valence-electron chi connectivity index (χ4n) is 2.59. The molecule has 0 unspecified atom stereocenters. The molecule has 3 rings (SSSR count). The van der Waals surface area contributed by atoms with E-state index in [0.29, 0.717) is 31.4 Å². The Morgan fingerprint density at radius 1 is 1.24 bits per heavy atom. The van der Waals surface area contributed by atoms with Crippen molar-refractivity contribution in [2.45, 2.75) is 6.42 Å². The minimum atomic E-state index is -0.189. The van der Waals surface area contributed by atoms with Crippen molar-refractivity contribution in [1.82, 2.24) is 15.3 Å². The molecule has 1 fully saturated rings. The van der Waals surface area contributed by atoms with E-state index in [-0.39, 0.29) is 5.91 Å². The molecule has 1 aromatic heterocycles. The number of hydrogen-bond donors (Lipinski definition) is 1. The van der Waals surface area contributed by atoms with Gasteiger partial charge in [-0.05, 0) is 30.2 Å². The summed E-state index contributed by atoms with van der Waals surface area (Å²) in [6, 6.07) is 9.44. The van der Waals surface area contributed by atoms with E-state index in [1.165, 1.54) is 0 Å². The first-order chi connectivity index (χ1) is 12.3. The highest BCUT2D eigenvalue weighted by atomic mass is 16.5. The van der Waals surface area contributed by atoms with E-state index in [1.807, 2.05) is 29.2 Å². The molecule has 1 aliphatic rings. The molecule has 1 saturated heterocycles. The summed E-state index contributed by atoms with van der Waals surface area (Å²) in [5.41, 5.74) is 1.52. The molecule has 1 aromatic carbocycles. The van der Waals surface area contributed by atoms with Gasteiger partial charge in [-0.15, -0.1) is 0 Å². The number of carbonyl (C=O) groups is 1. The summed E-state index contributed by atoms with van der Waals surface area (Å²) in [6.45, 7) is 3.33. The normalized spacial score (nSPS) is 14.2. The van der Waals surface area contributed by atoms with Gasteiger partial charge in [-0.1, -0.05) is 12.1 Å². The average Bonchev–Trinajstić information content (AvgIpc) is 2.69. The lowest BCUT2D eigenvalue weighted by Gasteiger charge is -2.26. The third-order valence-corrected chi connectivity index (χ3v) is 4.03. The molecule has 0 aliphatic carbocycles. The fourth-order valence-corrected chi connectivity index (χ4v) is 2.59. The molecule has 1 aliphatic heterocycles. The number of ether oxygens (including phenoxy) is 2. The highest BCUT2D eigenvalue weighted by Crippen LogP contribution is 2.12. The number of nitrogens with zero attached hydrogens (tertiary/aromatic N) is 3. The molecule has 0 bridgehead atoms. The van der Waals surface area contributed by atoms with E-state index in [9.17, 15) is 4.79 Å². The summed E-state index contributed by atoms with van der Waals surface area (Å²) < 4.78 is 10.5. The van der Waals surface area contributed by atoms with Crippen LogP contribution < -0.4 is 15.0 Å². The molecule has 1 amide bonds. The van der Waals surface area contributed by atoms with E-state index in [1.54, 1.807) is 19.4 Å². The number of carbonyl (C=O) groups excluding carboxylic acids is 1. The van der Waals surface area contributed by atoms with Gasteiger partial charge < -0.3 is 19.7 Å². The van der Waals surface area contributed by atoms with Crippen LogP contribution in [0.3, 0.4) is 0 Å². The number of methoxy groups -OCH3 is 1. The van der Waals surface area contributed by atoms with Crippen LogP contribution in [0, 0.1) is 0 Å².